The fourth-order valence-corrected chi connectivity index (χ4v) is 2.75. The molecule has 0 radical (unpaired) electrons. The first-order chi connectivity index (χ1) is 11.5. The Morgan fingerprint density at radius 2 is 1.88 bits per heavy atom. The zero-order chi connectivity index (χ0) is 17.7. The predicted molar refractivity (Wildman–Crippen MR) is 104 cm³/mol. The second kappa shape index (κ2) is 9.97. The first kappa shape index (κ1) is 21.7. The van der Waals surface area contributed by atoms with Crippen molar-refractivity contribution in [2.45, 2.75) is 26.2 Å². The minimum Gasteiger partial charge on any atom is -0.349 e. The van der Waals surface area contributed by atoms with Gasteiger partial charge >= 0.3 is 0 Å². The van der Waals surface area contributed by atoms with Gasteiger partial charge in [-0.15, -0.1) is 17.5 Å². The number of para-hydroxylation sites is 1. The molecule has 6 nitrogen and oxygen atoms in total. The Bertz CT molecular complexity index is 698. The van der Waals surface area contributed by atoms with E-state index in [4.69, 9.17) is 23.2 Å². The second-order valence-electron chi connectivity index (χ2n) is 5.64. The molecule has 0 aliphatic carbocycles. The number of nitrogens with zero attached hydrogens (tertiary/aromatic N) is 3. The van der Waals surface area contributed by atoms with Gasteiger partial charge in [0.2, 0.25) is 5.82 Å². The summed E-state index contributed by atoms with van der Waals surface area (Å²) in [6, 6.07) is 5.22. The first-order valence-corrected chi connectivity index (χ1v) is 8.55. The van der Waals surface area contributed by atoms with E-state index in [2.05, 4.69) is 20.7 Å². The molecule has 9 heteroatoms. The molecular formula is C16H22Cl3N5O. The predicted octanol–water partition coefficient (Wildman–Crippen LogP) is 3.46. The Balaban J connectivity index is 0.00000312. The van der Waals surface area contributed by atoms with Gasteiger partial charge in [-0.1, -0.05) is 43.1 Å². The van der Waals surface area contributed by atoms with E-state index >= 15 is 0 Å². The summed E-state index contributed by atoms with van der Waals surface area (Å²) in [6.45, 7) is 5.33. The van der Waals surface area contributed by atoms with Crippen molar-refractivity contribution in [3.05, 3.63) is 39.9 Å². The van der Waals surface area contributed by atoms with Crippen molar-refractivity contribution in [3.63, 3.8) is 0 Å². The molecule has 0 aliphatic heterocycles. The SMILES string of the molecule is CNCCCNC(=O)c1nc(C(C)C)n(-c2c(Cl)cccc2Cl)n1.Cl. The lowest BCUT2D eigenvalue weighted by Crippen LogP contribution is -2.27. The molecule has 2 N–H and O–H groups in total. The van der Waals surface area contributed by atoms with Gasteiger partial charge in [0, 0.05) is 12.5 Å². The molecule has 0 fully saturated rings. The number of nitrogens with one attached hydrogen (secondary N) is 2. The van der Waals surface area contributed by atoms with E-state index in [1.807, 2.05) is 20.9 Å². The Morgan fingerprint density at radius 1 is 1.24 bits per heavy atom. The minimum atomic E-state index is -0.310. The molecule has 2 rings (SSSR count). The highest BCUT2D eigenvalue weighted by atomic mass is 35.5. The summed E-state index contributed by atoms with van der Waals surface area (Å²) in [6.07, 6.45) is 0.830. The molecule has 0 bridgehead atoms. The molecule has 0 unspecified atom stereocenters. The summed E-state index contributed by atoms with van der Waals surface area (Å²) < 4.78 is 1.55. The molecule has 0 saturated carbocycles. The Labute approximate surface area is 163 Å². The Kier molecular flexibility index (Phi) is 8.65. The molecular weight excluding hydrogens is 385 g/mol. The van der Waals surface area contributed by atoms with E-state index in [9.17, 15) is 4.79 Å². The van der Waals surface area contributed by atoms with Crippen molar-refractivity contribution in [2.75, 3.05) is 20.1 Å². The summed E-state index contributed by atoms with van der Waals surface area (Å²) in [5, 5.41) is 11.1. The average molecular weight is 407 g/mol. The van der Waals surface area contributed by atoms with Crippen LogP contribution in [0.25, 0.3) is 5.69 Å². The Hall–Kier alpha value is -1.34. The number of carbonyl (C=O) groups is 1. The lowest BCUT2D eigenvalue weighted by atomic mass is 10.2. The normalized spacial score (nSPS) is 10.6. The van der Waals surface area contributed by atoms with Crippen LogP contribution in [0, 0.1) is 0 Å². The van der Waals surface area contributed by atoms with Crippen LogP contribution in [0.4, 0.5) is 0 Å². The van der Waals surface area contributed by atoms with E-state index < -0.39 is 0 Å². The van der Waals surface area contributed by atoms with E-state index in [0.29, 0.717) is 28.1 Å². The number of halogens is 3. The van der Waals surface area contributed by atoms with Crippen molar-refractivity contribution in [1.29, 1.82) is 0 Å². The third kappa shape index (κ3) is 5.31. The monoisotopic (exact) mass is 405 g/mol. The number of aromatic nitrogens is 3. The quantitative estimate of drug-likeness (QED) is 0.691. The standard InChI is InChI=1S/C16H21Cl2N5O.ClH/c1-10(2)15-21-14(16(24)20-9-5-8-19-3)22-23(15)13-11(17)6-4-7-12(13)18;/h4,6-7,10,19H,5,8-9H2,1-3H3,(H,20,24);1H. The largest absolute Gasteiger partial charge is 0.349 e. The van der Waals surface area contributed by atoms with Crippen LogP contribution in [0.2, 0.25) is 10.0 Å². The molecule has 0 saturated heterocycles. The number of carbonyl (C=O) groups excluding carboxylic acids is 1. The molecule has 1 aromatic heterocycles. The van der Waals surface area contributed by atoms with E-state index in [1.54, 1.807) is 22.9 Å². The highest BCUT2D eigenvalue weighted by Crippen LogP contribution is 2.30. The van der Waals surface area contributed by atoms with Crippen molar-refractivity contribution in [1.82, 2.24) is 25.4 Å². The minimum absolute atomic E-state index is 0. The molecule has 0 aliphatic rings. The number of hydrogen-bond acceptors (Lipinski definition) is 4. The zero-order valence-electron chi connectivity index (χ0n) is 14.3. The number of rotatable bonds is 7. The first-order valence-electron chi connectivity index (χ1n) is 7.79. The smallest absolute Gasteiger partial charge is 0.290 e. The molecule has 1 aromatic carbocycles. The second-order valence-corrected chi connectivity index (χ2v) is 6.46. The van der Waals surface area contributed by atoms with Gasteiger partial charge in [-0.2, -0.15) is 0 Å². The van der Waals surface area contributed by atoms with E-state index in [1.165, 1.54) is 0 Å². The van der Waals surface area contributed by atoms with Crippen molar-refractivity contribution >= 4 is 41.5 Å². The van der Waals surface area contributed by atoms with Crippen LogP contribution in [0.1, 0.15) is 42.6 Å². The van der Waals surface area contributed by atoms with Crippen LogP contribution < -0.4 is 10.6 Å². The van der Waals surface area contributed by atoms with Crippen LogP contribution in [-0.4, -0.2) is 40.8 Å². The number of hydrogen-bond donors (Lipinski definition) is 2. The molecule has 25 heavy (non-hydrogen) atoms. The van der Waals surface area contributed by atoms with Gasteiger partial charge in [0.25, 0.3) is 5.91 Å². The van der Waals surface area contributed by atoms with Gasteiger partial charge in [-0.3, -0.25) is 4.79 Å². The van der Waals surface area contributed by atoms with Gasteiger partial charge in [-0.05, 0) is 32.1 Å². The molecule has 1 amide bonds. The lowest BCUT2D eigenvalue weighted by Gasteiger charge is -2.11. The molecule has 138 valence electrons. The van der Waals surface area contributed by atoms with E-state index in [0.717, 1.165) is 13.0 Å². The topological polar surface area (TPSA) is 71.8 Å². The summed E-state index contributed by atoms with van der Waals surface area (Å²) in [5.74, 6) is 0.482. The van der Waals surface area contributed by atoms with Gasteiger partial charge < -0.3 is 10.6 Å². The van der Waals surface area contributed by atoms with Crippen molar-refractivity contribution in [2.24, 2.45) is 0 Å². The lowest BCUT2D eigenvalue weighted by molar-refractivity contribution is 0.0943. The van der Waals surface area contributed by atoms with Gasteiger partial charge in [-0.25, -0.2) is 9.67 Å². The maximum Gasteiger partial charge on any atom is 0.290 e. The average Bonchev–Trinajstić information content (AvgIpc) is 2.96. The van der Waals surface area contributed by atoms with Crippen molar-refractivity contribution in [3.8, 4) is 5.69 Å². The summed E-state index contributed by atoms with van der Waals surface area (Å²) in [4.78, 5) is 16.6. The van der Waals surface area contributed by atoms with Crippen molar-refractivity contribution < 1.29 is 4.79 Å². The maximum atomic E-state index is 12.3. The van der Waals surface area contributed by atoms with Gasteiger partial charge in [0.05, 0.1) is 10.0 Å². The molecule has 0 atom stereocenters. The third-order valence-electron chi connectivity index (χ3n) is 3.39. The highest BCUT2D eigenvalue weighted by molar-refractivity contribution is 6.37. The number of benzene rings is 1. The van der Waals surface area contributed by atoms with Crippen LogP contribution in [0.3, 0.4) is 0 Å². The van der Waals surface area contributed by atoms with Gasteiger partial charge in [0.1, 0.15) is 11.5 Å². The summed E-state index contributed by atoms with van der Waals surface area (Å²) >= 11 is 12.5. The fourth-order valence-electron chi connectivity index (χ4n) is 2.20. The summed E-state index contributed by atoms with van der Waals surface area (Å²) in [5.41, 5.74) is 0.534. The van der Waals surface area contributed by atoms with Crippen LogP contribution >= 0.6 is 35.6 Å². The fraction of sp³-hybridized carbons (Fsp3) is 0.438. The maximum absolute atomic E-state index is 12.3. The highest BCUT2D eigenvalue weighted by Gasteiger charge is 2.21. The molecule has 2 aromatic rings. The van der Waals surface area contributed by atoms with Crippen LogP contribution in [0.5, 0.6) is 0 Å². The zero-order valence-corrected chi connectivity index (χ0v) is 16.7. The summed E-state index contributed by atoms with van der Waals surface area (Å²) in [7, 11) is 1.87. The van der Waals surface area contributed by atoms with Crippen LogP contribution in [0.15, 0.2) is 18.2 Å². The number of amides is 1. The van der Waals surface area contributed by atoms with Crippen LogP contribution in [-0.2, 0) is 0 Å². The molecule has 0 spiro atoms. The van der Waals surface area contributed by atoms with E-state index in [-0.39, 0.29) is 30.1 Å². The Morgan fingerprint density at radius 3 is 2.44 bits per heavy atom. The molecule has 1 heterocycles. The van der Waals surface area contributed by atoms with Gasteiger partial charge in [0.15, 0.2) is 0 Å². The third-order valence-corrected chi connectivity index (χ3v) is 4.00.